The van der Waals surface area contributed by atoms with Crippen LogP contribution in [0.25, 0.3) is 0 Å². The summed E-state index contributed by atoms with van der Waals surface area (Å²) in [5.74, 6) is -0.0592. The Morgan fingerprint density at radius 3 is 2.52 bits per heavy atom. The van der Waals surface area contributed by atoms with Crippen LogP contribution < -0.4 is 5.43 Å². The van der Waals surface area contributed by atoms with Crippen LogP contribution in [0.4, 0.5) is 0 Å². The maximum Gasteiger partial charge on any atom is 0.271 e. The summed E-state index contributed by atoms with van der Waals surface area (Å²) in [6, 6.07) is 10.2. The van der Waals surface area contributed by atoms with Gasteiger partial charge in [-0.3, -0.25) is 4.79 Å². The summed E-state index contributed by atoms with van der Waals surface area (Å²) >= 11 is 5.83. The number of benzene rings is 2. The maximum absolute atomic E-state index is 11.9. The second-order valence-corrected chi connectivity index (χ2v) is 5.15. The van der Waals surface area contributed by atoms with Crippen LogP contribution in [0.5, 0.6) is 5.75 Å². The largest absolute Gasteiger partial charge is 0.507 e. The minimum Gasteiger partial charge on any atom is -0.507 e. The van der Waals surface area contributed by atoms with Crippen LogP contribution in [0.2, 0.25) is 5.02 Å². The molecular formula is C16H15ClN2O2. The van der Waals surface area contributed by atoms with Crippen molar-refractivity contribution in [3.63, 3.8) is 0 Å². The van der Waals surface area contributed by atoms with E-state index in [-0.39, 0.29) is 11.7 Å². The number of nitrogens with zero attached hydrogens (tertiary/aromatic N) is 1. The molecule has 2 aromatic rings. The van der Waals surface area contributed by atoms with Gasteiger partial charge in [-0.15, -0.1) is 0 Å². The second kappa shape index (κ2) is 6.41. The van der Waals surface area contributed by atoms with Crippen LogP contribution in [0, 0.1) is 13.8 Å². The molecule has 0 saturated carbocycles. The number of nitrogens with one attached hydrogen (secondary N) is 1. The molecule has 0 unspecified atom stereocenters. The lowest BCUT2D eigenvalue weighted by Gasteiger charge is -2.04. The van der Waals surface area contributed by atoms with Gasteiger partial charge in [0.05, 0.1) is 6.21 Å². The first-order valence-electron chi connectivity index (χ1n) is 6.36. The molecule has 0 aromatic heterocycles. The molecule has 0 heterocycles. The summed E-state index contributed by atoms with van der Waals surface area (Å²) < 4.78 is 0. The molecule has 0 saturated heterocycles. The number of hydrogen-bond acceptors (Lipinski definition) is 3. The third kappa shape index (κ3) is 3.83. The lowest BCUT2D eigenvalue weighted by Crippen LogP contribution is -2.17. The monoisotopic (exact) mass is 302 g/mol. The van der Waals surface area contributed by atoms with E-state index >= 15 is 0 Å². The van der Waals surface area contributed by atoms with Gasteiger partial charge in [-0.25, -0.2) is 5.43 Å². The summed E-state index contributed by atoms with van der Waals surface area (Å²) in [4.78, 5) is 11.9. The standard InChI is InChI=1S/C16H15ClN2O2/c1-10-6-12(7-11(2)15(10)20)9-18-19-16(21)13-4-3-5-14(17)8-13/h3-9,20H,1-2H3,(H,19,21)/b18-9-. The van der Waals surface area contributed by atoms with Crippen molar-refractivity contribution < 1.29 is 9.90 Å². The average Bonchev–Trinajstić information content (AvgIpc) is 2.44. The highest BCUT2D eigenvalue weighted by atomic mass is 35.5. The Balaban J connectivity index is 2.07. The first-order chi connectivity index (χ1) is 9.97. The van der Waals surface area contributed by atoms with Crippen molar-refractivity contribution in [1.29, 1.82) is 0 Å². The van der Waals surface area contributed by atoms with Crippen molar-refractivity contribution in [1.82, 2.24) is 5.43 Å². The molecule has 0 spiro atoms. The fraction of sp³-hybridized carbons (Fsp3) is 0.125. The number of aryl methyl sites for hydroxylation is 2. The average molecular weight is 303 g/mol. The topological polar surface area (TPSA) is 61.7 Å². The molecule has 2 N–H and O–H groups in total. The number of amides is 1. The Morgan fingerprint density at radius 1 is 1.24 bits per heavy atom. The predicted octanol–water partition coefficient (Wildman–Crippen LogP) is 3.43. The fourth-order valence-corrected chi connectivity index (χ4v) is 2.11. The van der Waals surface area contributed by atoms with Crippen molar-refractivity contribution in [3.05, 3.63) is 63.7 Å². The van der Waals surface area contributed by atoms with Gasteiger partial charge in [0.25, 0.3) is 5.91 Å². The highest BCUT2D eigenvalue weighted by Gasteiger charge is 2.04. The molecule has 0 bridgehead atoms. The smallest absolute Gasteiger partial charge is 0.271 e. The molecule has 108 valence electrons. The molecule has 0 radical (unpaired) electrons. The van der Waals surface area contributed by atoms with E-state index in [0.717, 1.165) is 16.7 Å². The fourth-order valence-electron chi connectivity index (χ4n) is 1.92. The molecule has 21 heavy (non-hydrogen) atoms. The number of phenols is 1. The summed E-state index contributed by atoms with van der Waals surface area (Å²) in [6.07, 6.45) is 1.53. The quantitative estimate of drug-likeness (QED) is 0.674. The molecule has 1 amide bonds. The van der Waals surface area contributed by atoms with E-state index in [1.54, 1.807) is 36.4 Å². The Hall–Kier alpha value is -2.33. The maximum atomic E-state index is 11.9. The van der Waals surface area contributed by atoms with Crippen molar-refractivity contribution in [2.75, 3.05) is 0 Å². The molecule has 2 rings (SSSR count). The highest BCUT2D eigenvalue weighted by molar-refractivity contribution is 6.30. The summed E-state index contributed by atoms with van der Waals surface area (Å²) in [7, 11) is 0. The number of aromatic hydroxyl groups is 1. The van der Waals surface area contributed by atoms with E-state index in [0.29, 0.717) is 10.6 Å². The van der Waals surface area contributed by atoms with Gasteiger partial charge in [-0.1, -0.05) is 17.7 Å². The van der Waals surface area contributed by atoms with Gasteiger partial charge in [0.15, 0.2) is 0 Å². The van der Waals surface area contributed by atoms with Gasteiger partial charge in [0.1, 0.15) is 5.75 Å². The molecule has 2 aromatic carbocycles. The van der Waals surface area contributed by atoms with Crippen LogP contribution >= 0.6 is 11.6 Å². The summed E-state index contributed by atoms with van der Waals surface area (Å²) in [5, 5.41) is 14.1. The zero-order valence-electron chi connectivity index (χ0n) is 11.7. The Kier molecular flexibility index (Phi) is 4.60. The number of halogens is 1. The van der Waals surface area contributed by atoms with Gasteiger partial charge in [-0.2, -0.15) is 5.10 Å². The third-order valence-corrected chi connectivity index (χ3v) is 3.22. The van der Waals surface area contributed by atoms with E-state index in [1.165, 1.54) is 6.21 Å². The molecule has 0 aliphatic rings. The molecule has 0 atom stereocenters. The molecule has 4 nitrogen and oxygen atoms in total. The van der Waals surface area contributed by atoms with Crippen molar-refractivity contribution in [3.8, 4) is 5.75 Å². The lowest BCUT2D eigenvalue weighted by molar-refractivity contribution is 0.0955. The van der Waals surface area contributed by atoms with Crippen LogP contribution in [-0.4, -0.2) is 17.2 Å². The van der Waals surface area contributed by atoms with Crippen LogP contribution in [-0.2, 0) is 0 Å². The number of carbonyl (C=O) groups is 1. The van der Waals surface area contributed by atoms with Crippen molar-refractivity contribution in [2.24, 2.45) is 5.10 Å². The Labute approximate surface area is 128 Å². The first kappa shape index (κ1) is 15.1. The van der Waals surface area contributed by atoms with Gasteiger partial charge >= 0.3 is 0 Å². The number of rotatable bonds is 3. The predicted molar refractivity (Wildman–Crippen MR) is 84.1 cm³/mol. The van der Waals surface area contributed by atoms with Crippen LogP contribution in [0.15, 0.2) is 41.5 Å². The van der Waals surface area contributed by atoms with E-state index in [1.807, 2.05) is 13.8 Å². The molecule has 0 aliphatic heterocycles. The lowest BCUT2D eigenvalue weighted by atomic mass is 10.1. The van der Waals surface area contributed by atoms with E-state index in [2.05, 4.69) is 10.5 Å². The number of phenolic OH excluding ortho intramolecular Hbond substituents is 1. The van der Waals surface area contributed by atoms with Gasteiger partial charge < -0.3 is 5.11 Å². The zero-order valence-corrected chi connectivity index (χ0v) is 12.5. The summed E-state index contributed by atoms with van der Waals surface area (Å²) in [6.45, 7) is 3.62. The number of carbonyl (C=O) groups excluding carboxylic acids is 1. The third-order valence-electron chi connectivity index (χ3n) is 2.98. The van der Waals surface area contributed by atoms with Gasteiger partial charge in [-0.05, 0) is 60.9 Å². The van der Waals surface area contributed by atoms with E-state index in [4.69, 9.17) is 11.6 Å². The van der Waals surface area contributed by atoms with Crippen molar-refractivity contribution in [2.45, 2.75) is 13.8 Å². The normalized spacial score (nSPS) is 10.8. The molecule has 0 fully saturated rings. The first-order valence-corrected chi connectivity index (χ1v) is 6.74. The minimum absolute atomic E-state index is 0.273. The number of hydrogen-bond donors (Lipinski definition) is 2. The zero-order chi connectivity index (χ0) is 15.4. The second-order valence-electron chi connectivity index (χ2n) is 4.71. The molecule has 5 heteroatoms. The highest BCUT2D eigenvalue weighted by Crippen LogP contribution is 2.21. The Morgan fingerprint density at radius 2 is 1.90 bits per heavy atom. The summed E-state index contributed by atoms with van der Waals surface area (Å²) in [5.41, 5.74) is 5.20. The molecule has 0 aliphatic carbocycles. The Bertz CT molecular complexity index is 688. The van der Waals surface area contributed by atoms with Crippen molar-refractivity contribution >= 4 is 23.7 Å². The minimum atomic E-state index is -0.332. The SMILES string of the molecule is Cc1cc(/C=N\NC(=O)c2cccc(Cl)c2)cc(C)c1O. The van der Waals surface area contributed by atoms with Gasteiger partial charge in [0, 0.05) is 10.6 Å². The molecular weight excluding hydrogens is 288 g/mol. The van der Waals surface area contributed by atoms with Crippen LogP contribution in [0.3, 0.4) is 0 Å². The number of hydrazone groups is 1. The van der Waals surface area contributed by atoms with E-state index < -0.39 is 0 Å². The van der Waals surface area contributed by atoms with E-state index in [9.17, 15) is 9.90 Å². The van der Waals surface area contributed by atoms with Gasteiger partial charge in [0.2, 0.25) is 0 Å². The van der Waals surface area contributed by atoms with Crippen LogP contribution in [0.1, 0.15) is 27.0 Å².